The molecule has 0 saturated carbocycles. The van der Waals surface area contributed by atoms with Gasteiger partial charge in [0.05, 0.1) is 5.56 Å². The standard InChI is InChI=1S/C25H21F4N3O/c26-19-3-1-2-17(12-19)15-4-6-16(7-5-15)23-21-13-32(14-22(23)31-21)24(33)30-20-10-8-18(9-11-20)25(27,28)29/h1-12,21-23,31H,13-14H2,(H,30,33)/t21-,22+,23?. The third-order valence-electron chi connectivity index (χ3n) is 6.33. The summed E-state index contributed by atoms with van der Waals surface area (Å²) in [5.74, 6) is -0.00866. The average molecular weight is 455 g/mol. The molecule has 6 rings (SSSR count). The number of amides is 2. The van der Waals surface area contributed by atoms with E-state index in [4.69, 9.17) is 0 Å². The van der Waals surface area contributed by atoms with Gasteiger partial charge in [-0.15, -0.1) is 0 Å². The van der Waals surface area contributed by atoms with Gasteiger partial charge >= 0.3 is 12.2 Å². The van der Waals surface area contributed by atoms with Crippen molar-refractivity contribution in [3.8, 4) is 11.1 Å². The number of halogens is 4. The number of benzene rings is 3. The first-order valence-corrected chi connectivity index (χ1v) is 10.6. The number of rotatable bonds is 3. The number of piperazine rings is 1. The number of carbonyl (C=O) groups is 1. The van der Waals surface area contributed by atoms with E-state index in [-0.39, 0.29) is 29.8 Å². The second-order valence-electron chi connectivity index (χ2n) is 8.45. The van der Waals surface area contributed by atoms with E-state index >= 15 is 0 Å². The lowest BCUT2D eigenvalue weighted by Gasteiger charge is -2.54. The minimum Gasteiger partial charge on any atom is -0.321 e. The highest BCUT2D eigenvalue weighted by atomic mass is 19.4. The maximum Gasteiger partial charge on any atom is 0.416 e. The Hall–Kier alpha value is -3.39. The molecule has 3 atom stereocenters. The summed E-state index contributed by atoms with van der Waals surface area (Å²) in [5.41, 5.74) is 2.49. The minimum absolute atomic E-state index is 0.0992. The first kappa shape index (κ1) is 21.5. The summed E-state index contributed by atoms with van der Waals surface area (Å²) in [5, 5.41) is 6.14. The van der Waals surface area contributed by atoms with Crippen LogP contribution in [0.2, 0.25) is 0 Å². The molecule has 3 aliphatic rings. The van der Waals surface area contributed by atoms with Gasteiger partial charge in [-0.2, -0.15) is 13.2 Å². The van der Waals surface area contributed by atoms with E-state index in [1.165, 1.54) is 24.3 Å². The molecule has 3 aromatic rings. The van der Waals surface area contributed by atoms with Crippen molar-refractivity contribution in [1.82, 2.24) is 10.2 Å². The van der Waals surface area contributed by atoms with E-state index in [0.717, 1.165) is 28.8 Å². The van der Waals surface area contributed by atoms with Gasteiger partial charge in [-0.3, -0.25) is 0 Å². The van der Waals surface area contributed by atoms with Crippen molar-refractivity contribution >= 4 is 11.7 Å². The smallest absolute Gasteiger partial charge is 0.321 e. The molecule has 3 aromatic carbocycles. The number of urea groups is 1. The van der Waals surface area contributed by atoms with E-state index in [2.05, 4.69) is 10.6 Å². The first-order chi connectivity index (χ1) is 15.8. The monoisotopic (exact) mass is 455 g/mol. The Bertz CT molecular complexity index is 1150. The van der Waals surface area contributed by atoms with E-state index in [0.29, 0.717) is 18.8 Å². The number of nitrogens with one attached hydrogen (secondary N) is 2. The predicted molar refractivity (Wildman–Crippen MR) is 117 cm³/mol. The van der Waals surface area contributed by atoms with Crippen LogP contribution >= 0.6 is 0 Å². The lowest BCUT2D eigenvalue weighted by Crippen LogP contribution is -2.72. The number of nitrogens with zero attached hydrogens (tertiary/aromatic N) is 1. The Morgan fingerprint density at radius 3 is 2.18 bits per heavy atom. The molecule has 4 nitrogen and oxygen atoms in total. The summed E-state index contributed by atoms with van der Waals surface area (Å²) >= 11 is 0. The molecule has 0 aliphatic carbocycles. The fourth-order valence-corrected chi connectivity index (χ4v) is 4.67. The zero-order valence-corrected chi connectivity index (χ0v) is 17.4. The highest BCUT2D eigenvalue weighted by molar-refractivity contribution is 5.89. The van der Waals surface area contributed by atoms with Crippen molar-refractivity contribution in [3.63, 3.8) is 0 Å². The topological polar surface area (TPSA) is 44.4 Å². The summed E-state index contributed by atoms with van der Waals surface area (Å²) in [6.07, 6.45) is -4.41. The van der Waals surface area contributed by atoms with Crippen LogP contribution in [0.1, 0.15) is 17.0 Å². The lowest BCUT2D eigenvalue weighted by atomic mass is 9.74. The molecule has 3 fully saturated rings. The van der Waals surface area contributed by atoms with Crippen LogP contribution < -0.4 is 10.6 Å². The fourth-order valence-electron chi connectivity index (χ4n) is 4.67. The van der Waals surface area contributed by atoms with Gasteiger partial charge in [0, 0.05) is 36.8 Å². The van der Waals surface area contributed by atoms with Crippen molar-refractivity contribution in [2.24, 2.45) is 0 Å². The van der Waals surface area contributed by atoms with Gasteiger partial charge in [0.1, 0.15) is 5.82 Å². The summed E-state index contributed by atoms with van der Waals surface area (Å²) in [6.45, 7) is 0.999. The van der Waals surface area contributed by atoms with Gasteiger partial charge < -0.3 is 15.5 Å². The molecule has 0 radical (unpaired) electrons. The molecule has 3 aliphatic heterocycles. The van der Waals surface area contributed by atoms with Crippen LogP contribution in [0.5, 0.6) is 0 Å². The molecule has 2 bridgehead atoms. The number of piperidine rings is 1. The van der Waals surface area contributed by atoms with Crippen molar-refractivity contribution in [1.29, 1.82) is 0 Å². The summed E-state index contributed by atoms with van der Waals surface area (Å²) in [7, 11) is 0. The van der Waals surface area contributed by atoms with Crippen molar-refractivity contribution < 1.29 is 22.4 Å². The Labute approximate surface area is 188 Å². The highest BCUT2D eigenvalue weighted by Crippen LogP contribution is 2.38. The molecule has 0 aromatic heterocycles. The zero-order chi connectivity index (χ0) is 23.2. The number of hydrogen-bond donors (Lipinski definition) is 2. The summed E-state index contributed by atoms with van der Waals surface area (Å²) < 4.78 is 51.6. The maximum absolute atomic E-state index is 13.5. The van der Waals surface area contributed by atoms with Crippen LogP contribution in [0.3, 0.4) is 0 Å². The third kappa shape index (κ3) is 4.30. The molecule has 170 valence electrons. The Kier molecular flexibility index (Phi) is 5.32. The molecule has 33 heavy (non-hydrogen) atoms. The van der Waals surface area contributed by atoms with Crippen LogP contribution in [0, 0.1) is 5.82 Å². The molecule has 2 amide bonds. The van der Waals surface area contributed by atoms with Crippen LogP contribution in [-0.4, -0.2) is 36.1 Å². The molecule has 1 unspecified atom stereocenters. The normalized spacial score (nSPS) is 21.9. The largest absolute Gasteiger partial charge is 0.416 e. The van der Waals surface area contributed by atoms with Crippen molar-refractivity contribution in [3.05, 3.63) is 89.7 Å². The summed E-state index contributed by atoms with van der Waals surface area (Å²) in [4.78, 5) is 14.3. The van der Waals surface area contributed by atoms with Gasteiger partial charge in [-0.25, -0.2) is 9.18 Å². The third-order valence-corrected chi connectivity index (χ3v) is 6.33. The van der Waals surface area contributed by atoms with Crippen LogP contribution in [0.4, 0.5) is 28.0 Å². The molecule has 0 spiro atoms. The second-order valence-corrected chi connectivity index (χ2v) is 8.45. The van der Waals surface area contributed by atoms with Gasteiger partial charge in [0.15, 0.2) is 0 Å². The van der Waals surface area contributed by atoms with E-state index in [1.54, 1.807) is 11.0 Å². The Morgan fingerprint density at radius 1 is 0.909 bits per heavy atom. The Morgan fingerprint density at radius 2 is 1.58 bits per heavy atom. The molecule has 3 saturated heterocycles. The number of anilines is 1. The van der Waals surface area contributed by atoms with Crippen LogP contribution in [0.25, 0.3) is 11.1 Å². The molecule has 8 heteroatoms. The molecule has 2 N–H and O–H groups in total. The quantitative estimate of drug-likeness (QED) is 0.514. The van der Waals surface area contributed by atoms with E-state index in [9.17, 15) is 22.4 Å². The van der Waals surface area contributed by atoms with Gasteiger partial charge in [0.2, 0.25) is 0 Å². The average Bonchev–Trinajstić information content (AvgIpc) is 2.79. The summed E-state index contributed by atoms with van der Waals surface area (Å²) in [6, 6.07) is 18.8. The van der Waals surface area contributed by atoms with Crippen molar-refractivity contribution in [2.45, 2.75) is 24.2 Å². The van der Waals surface area contributed by atoms with E-state index < -0.39 is 11.7 Å². The number of hydrogen-bond acceptors (Lipinski definition) is 2. The van der Waals surface area contributed by atoms with Crippen LogP contribution in [0.15, 0.2) is 72.8 Å². The number of fused-ring (bicyclic) bond motifs is 2. The fraction of sp³-hybridized carbons (Fsp3) is 0.240. The minimum atomic E-state index is -4.41. The zero-order valence-electron chi connectivity index (χ0n) is 17.4. The van der Waals surface area contributed by atoms with Crippen molar-refractivity contribution in [2.75, 3.05) is 18.4 Å². The van der Waals surface area contributed by atoms with Crippen LogP contribution in [-0.2, 0) is 6.18 Å². The van der Waals surface area contributed by atoms with Gasteiger partial charge in [-0.05, 0) is 53.1 Å². The molecule has 3 heterocycles. The highest BCUT2D eigenvalue weighted by Gasteiger charge is 2.48. The lowest BCUT2D eigenvalue weighted by molar-refractivity contribution is -0.137. The Balaban J connectivity index is 1.21. The molecular formula is C25H21F4N3O. The number of alkyl halides is 3. The SMILES string of the molecule is O=C(Nc1ccc(C(F)(F)F)cc1)N1C[C@@H]2N[C@H](C1)C2c1ccc(-c2cccc(F)c2)cc1. The maximum atomic E-state index is 13.5. The van der Waals surface area contributed by atoms with Gasteiger partial charge in [0.25, 0.3) is 0 Å². The first-order valence-electron chi connectivity index (χ1n) is 10.6. The molecular weight excluding hydrogens is 434 g/mol. The number of carbonyl (C=O) groups excluding carboxylic acids is 1. The van der Waals surface area contributed by atoms with E-state index in [1.807, 2.05) is 30.3 Å². The second kappa shape index (κ2) is 8.19. The predicted octanol–water partition coefficient (Wildman–Crippen LogP) is 5.48. The van der Waals surface area contributed by atoms with Gasteiger partial charge in [-0.1, -0.05) is 36.4 Å².